The Kier molecular flexibility index (Phi) is 5.27. The average Bonchev–Trinajstić information content (AvgIpc) is 3.13. The number of phenols is 1. The van der Waals surface area contributed by atoms with Gasteiger partial charge in [-0.05, 0) is 30.7 Å². The minimum atomic E-state index is -0.124. The minimum absolute atomic E-state index is 0.124. The van der Waals surface area contributed by atoms with Gasteiger partial charge in [-0.25, -0.2) is 4.98 Å². The lowest BCUT2D eigenvalue weighted by atomic mass is 10.1. The number of rotatable bonds is 4. The van der Waals surface area contributed by atoms with Gasteiger partial charge in [-0.1, -0.05) is 41.4 Å². The number of thiazole rings is 1. The number of phenolic OH excluding ortho intramolecular Hbond substituents is 1. The van der Waals surface area contributed by atoms with Crippen molar-refractivity contribution in [3.63, 3.8) is 0 Å². The van der Waals surface area contributed by atoms with Crippen molar-refractivity contribution >= 4 is 34.6 Å². The zero-order valence-corrected chi connectivity index (χ0v) is 15.7. The molecule has 0 aliphatic carbocycles. The molecule has 3 aromatic rings. The van der Waals surface area contributed by atoms with Crippen LogP contribution in [0, 0.1) is 18.3 Å². The fourth-order valence-corrected chi connectivity index (χ4v) is 3.41. The predicted molar refractivity (Wildman–Crippen MR) is 105 cm³/mol. The molecule has 6 heteroatoms. The first kappa shape index (κ1) is 18.0. The smallest absolute Gasteiger partial charge is 0.176 e. The van der Waals surface area contributed by atoms with E-state index in [9.17, 15) is 10.4 Å². The van der Waals surface area contributed by atoms with E-state index >= 15 is 0 Å². The lowest BCUT2D eigenvalue weighted by Crippen LogP contribution is -1.87. The van der Waals surface area contributed by atoms with Crippen molar-refractivity contribution < 1.29 is 9.84 Å². The molecule has 1 N–H and O–H groups in total. The fourth-order valence-electron chi connectivity index (χ4n) is 2.40. The van der Waals surface area contributed by atoms with Crippen LogP contribution < -0.4 is 4.74 Å². The Balaban J connectivity index is 1.97. The number of nitrogens with zero attached hydrogens (tertiary/aromatic N) is 2. The zero-order valence-electron chi connectivity index (χ0n) is 14.2. The average molecular weight is 383 g/mol. The van der Waals surface area contributed by atoms with Gasteiger partial charge in [0.15, 0.2) is 11.5 Å². The molecule has 3 rings (SSSR count). The fraction of sp³-hybridized carbons (Fsp3) is 0.100. The molecule has 0 spiro atoms. The number of hydrogen-bond acceptors (Lipinski definition) is 5. The summed E-state index contributed by atoms with van der Waals surface area (Å²) in [5.41, 5.74) is 4.07. The molecule has 0 radical (unpaired) electrons. The molecular formula is C20H15ClN2O2S. The molecule has 130 valence electrons. The number of benzene rings is 2. The van der Waals surface area contributed by atoms with Crippen LogP contribution >= 0.6 is 22.9 Å². The molecule has 0 saturated carbocycles. The Morgan fingerprint density at radius 1 is 1.31 bits per heavy atom. The molecule has 26 heavy (non-hydrogen) atoms. The third-order valence-corrected chi connectivity index (χ3v) is 4.95. The molecule has 0 atom stereocenters. The predicted octanol–water partition coefficient (Wildman–Crippen LogP) is 5.55. The zero-order chi connectivity index (χ0) is 18.7. The Labute approximate surface area is 160 Å². The molecule has 0 fully saturated rings. The first-order valence-corrected chi connectivity index (χ1v) is 8.99. The van der Waals surface area contributed by atoms with Crippen LogP contribution in [0.5, 0.6) is 11.5 Å². The topological polar surface area (TPSA) is 66.1 Å². The minimum Gasteiger partial charge on any atom is -0.503 e. The summed E-state index contributed by atoms with van der Waals surface area (Å²) in [7, 11) is 1.44. The lowest BCUT2D eigenvalue weighted by molar-refractivity contribution is 0.373. The quantitative estimate of drug-likeness (QED) is 0.600. The summed E-state index contributed by atoms with van der Waals surface area (Å²) in [4.78, 5) is 4.57. The summed E-state index contributed by atoms with van der Waals surface area (Å²) < 4.78 is 5.10. The number of halogens is 1. The number of hydrogen-bond donors (Lipinski definition) is 1. The number of ether oxygens (including phenoxy) is 1. The highest BCUT2D eigenvalue weighted by molar-refractivity contribution is 7.11. The molecule has 0 bridgehead atoms. The van der Waals surface area contributed by atoms with E-state index < -0.39 is 0 Å². The van der Waals surface area contributed by atoms with E-state index in [1.165, 1.54) is 24.0 Å². The Morgan fingerprint density at radius 2 is 2.04 bits per heavy atom. The Bertz CT molecular complexity index is 1020. The normalized spacial score (nSPS) is 11.2. The highest BCUT2D eigenvalue weighted by atomic mass is 35.5. The molecule has 0 aliphatic rings. The number of allylic oxidation sites excluding steroid dienone is 1. The highest BCUT2D eigenvalue weighted by Crippen LogP contribution is 2.36. The number of aryl methyl sites for hydroxylation is 1. The Morgan fingerprint density at radius 3 is 2.69 bits per heavy atom. The van der Waals surface area contributed by atoms with E-state index in [-0.39, 0.29) is 16.5 Å². The number of aromatic nitrogens is 1. The van der Waals surface area contributed by atoms with Crippen molar-refractivity contribution in [1.82, 2.24) is 4.98 Å². The summed E-state index contributed by atoms with van der Waals surface area (Å²) in [5, 5.41) is 22.1. The van der Waals surface area contributed by atoms with Gasteiger partial charge in [0.25, 0.3) is 0 Å². The molecule has 2 aromatic carbocycles. The number of nitriles is 1. The second kappa shape index (κ2) is 7.61. The van der Waals surface area contributed by atoms with E-state index in [1.807, 2.05) is 36.6 Å². The molecule has 4 nitrogen and oxygen atoms in total. The maximum Gasteiger partial charge on any atom is 0.176 e. The van der Waals surface area contributed by atoms with Crippen molar-refractivity contribution in [2.24, 2.45) is 0 Å². The molecule has 0 saturated heterocycles. The lowest BCUT2D eigenvalue weighted by Gasteiger charge is -2.06. The Hall–Kier alpha value is -2.81. The maximum absolute atomic E-state index is 9.83. The van der Waals surface area contributed by atoms with E-state index in [2.05, 4.69) is 11.1 Å². The largest absolute Gasteiger partial charge is 0.503 e. The van der Waals surface area contributed by atoms with Crippen LogP contribution in [-0.4, -0.2) is 17.2 Å². The highest BCUT2D eigenvalue weighted by Gasteiger charge is 2.12. The van der Waals surface area contributed by atoms with E-state index in [0.29, 0.717) is 16.1 Å². The van der Waals surface area contributed by atoms with E-state index in [4.69, 9.17) is 16.3 Å². The van der Waals surface area contributed by atoms with Gasteiger partial charge in [-0.15, -0.1) is 11.3 Å². The van der Waals surface area contributed by atoms with Crippen LogP contribution in [0.2, 0.25) is 5.02 Å². The standard InChI is InChI=1S/C20H15ClN2O2S/c1-12-3-5-14(6-4-12)17-11-26-20(23-17)15(10-22)7-13-8-16(21)19(24)18(9-13)25-2/h3-9,11,24H,1-2H3/b15-7+. The van der Waals surface area contributed by atoms with Gasteiger partial charge in [0.1, 0.15) is 11.1 Å². The second-order valence-electron chi connectivity index (χ2n) is 5.63. The summed E-state index contributed by atoms with van der Waals surface area (Å²) in [6.45, 7) is 2.03. The van der Waals surface area contributed by atoms with Crippen LogP contribution in [0.1, 0.15) is 16.1 Å². The summed E-state index contributed by atoms with van der Waals surface area (Å²) in [6, 6.07) is 13.4. The SMILES string of the molecule is COc1cc(/C=C(\C#N)c2nc(-c3ccc(C)cc3)cs2)cc(Cl)c1O. The van der Waals surface area contributed by atoms with Gasteiger partial charge >= 0.3 is 0 Å². The van der Waals surface area contributed by atoms with Crippen molar-refractivity contribution in [1.29, 1.82) is 5.26 Å². The van der Waals surface area contributed by atoms with Gasteiger partial charge < -0.3 is 9.84 Å². The maximum atomic E-state index is 9.83. The van der Waals surface area contributed by atoms with Crippen LogP contribution in [0.15, 0.2) is 41.8 Å². The molecule has 1 aromatic heterocycles. The number of aromatic hydroxyl groups is 1. The molecule has 0 unspecified atom stereocenters. The van der Waals surface area contributed by atoms with Crippen molar-refractivity contribution in [2.75, 3.05) is 7.11 Å². The summed E-state index contributed by atoms with van der Waals surface area (Å²) >= 11 is 7.41. The van der Waals surface area contributed by atoms with Gasteiger partial charge in [-0.2, -0.15) is 5.26 Å². The van der Waals surface area contributed by atoms with Crippen LogP contribution in [0.4, 0.5) is 0 Å². The van der Waals surface area contributed by atoms with E-state index in [1.54, 1.807) is 18.2 Å². The second-order valence-corrected chi connectivity index (χ2v) is 6.89. The first-order valence-electron chi connectivity index (χ1n) is 7.73. The molecular weight excluding hydrogens is 368 g/mol. The molecule has 0 amide bonds. The van der Waals surface area contributed by atoms with Crippen molar-refractivity contribution in [2.45, 2.75) is 6.92 Å². The molecule has 0 aliphatic heterocycles. The number of methoxy groups -OCH3 is 1. The van der Waals surface area contributed by atoms with Crippen LogP contribution in [0.25, 0.3) is 22.9 Å². The third kappa shape index (κ3) is 3.72. The van der Waals surface area contributed by atoms with Crippen LogP contribution in [0.3, 0.4) is 0 Å². The van der Waals surface area contributed by atoms with Gasteiger partial charge in [0.05, 0.1) is 23.4 Å². The third-order valence-electron chi connectivity index (χ3n) is 3.78. The van der Waals surface area contributed by atoms with Gasteiger partial charge in [0.2, 0.25) is 0 Å². The van der Waals surface area contributed by atoms with Crippen molar-refractivity contribution in [3.05, 3.63) is 62.9 Å². The van der Waals surface area contributed by atoms with E-state index in [0.717, 1.165) is 11.3 Å². The van der Waals surface area contributed by atoms with Crippen molar-refractivity contribution in [3.8, 4) is 28.8 Å². The van der Waals surface area contributed by atoms with Gasteiger partial charge in [0, 0.05) is 10.9 Å². The molecule has 1 heterocycles. The summed E-state index contributed by atoms with van der Waals surface area (Å²) in [6.07, 6.45) is 1.67. The summed E-state index contributed by atoms with van der Waals surface area (Å²) in [5.74, 6) is 0.126. The van der Waals surface area contributed by atoms with Crippen LogP contribution in [-0.2, 0) is 0 Å². The first-order chi connectivity index (χ1) is 12.5. The monoisotopic (exact) mass is 382 g/mol. The van der Waals surface area contributed by atoms with Gasteiger partial charge in [-0.3, -0.25) is 0 Å².